The van der Waals surface area contributed by atoms with Gasteiger partial charge in [0.15, 0.2) is 0 Å². The Hall–Kier alpha value is -3.35. The fourth-order valence-electron chi connectivity index (χ4n) is 4.22. The fourth-order valence-corrected chi connectivity index (χ4v) is 4.22. The molecule has 0 saturated carbocycles. The van der Waals surface area contributed by atoms with Gasteiger partial charge in [0.25, 0.3) is 5.56 Å². The lowest BCUT2D eigenvalue weighted by Crippen LogP contribution is -2.50. The first kappa shape index (κ1) is 26.3. The Morgan fingerprint density at radius 2 is 1.77 bits per heavy atom. The van der Waals surface area contributed by atoms with Gasteiger partial charge in [-0.15, -0.1) is 0 Å². The molecule has 2 aromatic carbocycles. The summed E-state index contributed by atoms with van der Waals surface area (Å²) < 4.78 is 6.96. The molecule has 3 aromatic rings. The summed E-state index contributed by atoms with van der Waals surface area (Å²) in [6.45, 7) is 10.7. The third kappa shape index (κ3) is 6.21. The molecule has 188 valence electrons. The van der Waals surface area contributed by atoms with E-state index in [1.807, 2.05) is 75.1 Å². The molecule has 1 N–H and O–H groups in total. The van der Waals surface area contributed by atoms with Gasteiger partial charge in [-0.05, 0) is 70.0 Å². The van der Waals surface area contributed by atoms with Gasteiger partial charge in [0.05, 0.1) is 29.7 Å². The number of urea groups is 1. The molecule has 1 aromatic heterocycles. The summed E-state index contributed by atoms with van der Waals surface area (Å²) in [5, 5.41) is 3.65. The maximum absolute atomic E-state index is 13.8. The number of carbonyl (C=O) groups is 1. The van der Waals surface area contributed by atoms with Gasteiger partial charge in [-0.1, -0.05) is 38.8 Å². The monoisotopic (exact) mass is 478 g/mol. The molecule has 0 aliphatic rings. The number of para-hydroxylation sites is 1. The van der Waals surface area contributed by atoms with Crippen LogP contribution in [0.5, 0.6) is 5.75 Å². The van der Waals surface area contributed by atoms with Crippen LogP contribution >= 0.6 is 0 Å². The van der Waals surface area contributed by atoms with Crippen LogP contribution in [0.2, 0.25) is 0 Å². The number of amides is 2. The Labute approximate surface area is 208 Å². The largest absolute Gasteiger partial charge is 0.497 e. The number of benzene rings is 2. The average Bonchev–Trinajstić information content (AvgIpc) is 2.83. The van der Waals surface area contributed by atoms with Gasteiger partial charge in [-0.2, -0.15) is 0 Å². The normalized spacial score (nSPS) is 12.4. The molecule has 3 rings (SSSR count). The van der Waals surface area contributed by atoms with E-state index in [1.54, 1.807) is 17.7 Å². The number of nitrogens with one attached hydrogen (secondary N) is 1. The molecule has 0 fully saturated rings. The number of hydrogen-bond donors (Lipinski definition) is 1. The van der Waals surface area contributed by atoms with Crippen molar-refractivity contribution < 1.29 is 9.53 Å². The van der Waals surface area contributed by atoms with Crippen molar-refractivity contribution in [2.75, 3.05) is 13.7 Å². The predicted octanol–water partition coefficient (Wildman–Crippen LogP) is 5.85. The van der Waals surface area contributed by atoms with Crippen molar-refractivity contribution in [2.24, 2.45) is 0 Å². The van der Waals surface area contributed by atoms with E-state index in [9.17, 15) is 9.59 Å². The zero-order valence-electron chi connectivity index (χ0n) is 21.8. The molecule has 1 heterocycles. The number of carbonyl (C=O) groups excluding carboxylic acids is 1. The van der Waals surface area contributed by atoms with Crippen LogP contribution in [0, 0.1) is 0 Å². The summed E-state index contributed by atoms with van der Waals surface area (Å²) in [6.07, 6.45) is 3.57. The molecule has 0 aliphatic carbocycles. The zero-order chi connectivity index (χ0) is 25.6. The Kier molecular flexibility index (Phi) is 8.54. The Morgan fingerprint density at radius 3 is 2.37 bits per heavy atom. The summed E-state index contributed by atoms with van der Waals surface area (Å²) in [5.41, 5.74) is 0.775. The number of methoxy groups -OCH3 is 1. The number of nitrogens with zero attached hydrogens (tertiary/aromatic N) is 3. The number of unbranched alkanes of at least 4 members (excludes halogenated alkanes) is 2. The molecule has 2 amide bonds. The summed E-state index contributed by atoms with van der Waals surface area (Å²) >= 11 is 0. The molecule has 7 heteroatoms. The third-order valence-corrected chi connectivity index (χ3v) is 5.94. The van der Waals surface area contributed by atoms with Crippen molar-refractivity contribution in [1.82, 2.24) is 19.8 Å². The summed E-state index contributed by atoms with van der Waals surface area (Å²) in [6, 6.07) is 14.2. The average molecular weight is 479 g/mol. The van der Waals surface area contributed by atoms with Crippen LogP contribution in [0.1, 0.15) is 72.2 Å². The van der Waals surface area contributed by atoms with Crippen LogP contribution < -0.4 is 15.6 Å². The Bertz CT molecular complexity index is 1200. The highest BCUT2D eigenvalue weighted by atomic mass is 16.5. The highest BCUT2D eigenvalue weighted by molar-refractivity contribution is 5.78. The summed E-state index contributed by atoms with van der Waals surface area (Å²) in [7, 11) is 1.61. The molecule has 0 saturated heterocycles. The van der Waals surface area contributed by atoms with Crippen molar-refractivity contribution in [1.29, 1.82) is 0 Å². The van der Waals surface area contributed by atoms with Crippen LogP contribution in [-0.4, -0.2) is 39.7 Å². The van der Waals surface area contributed by atoms with E-state index in [0.29, 0.717) is 41.1 Å². The molecular formula is C28H38N4O3. The van der Waals surface area contributed by atoms with Gasteiger partial charge in [-0.25, -0.2) is 9.78 Å². The van der Waals surface area contributed by atoms with Gasteiger partial charge < -0.3 is 15.0 Å². The number of aromatic nitrogens is 2. The van der Waals surface area contributed by atoms with Gasteiger partial charge in [0.1, 0.15) is 11.6 Å². The minimum atomic E-state index is -0.384. The second-order valence-electron chi connectivity index (χ2n) is 9.83. The minimum Gasteiger partial charge on any atom is -0.497 e. The van der Waals surface area contributed by atoms with Gasteiger partial charge in [0.2, 0.25) is 0 Å². The maximum atomic E-state index is 13.8. The van der Waals surface area contributed by atoms with Crippen molar-refractivity contribution in [3.8, 4) is 11.4 Å². The predicted molar refractivity (Wildman–Crippen MR) is 141 cm³/mol. The summed E-state index contributed by atoms with van der Waals surface area (Å²) in [4.78, 5) is 34.1. The van der Waals surface area contributed by atoms with Gasteiger partial charge >= 0.3 is 6.03 Å². The van der Waals surface area contributed by atoms with Crippen LogP contribution in [0.15, 0.2) is 53.3 Å². The molecule has 0 radical (unpaired) electrons. The van der Waals surface area contributed by atoms with E-state index in [-0.39, 0.29) is 23.2 Å². The summed E-state index contributed by atoms with van der Waals surface area (Å²) in [5.74, 6) is 1.26. The highest BCUT2D eigenvalue weighted by Gasteiger charge is 2.30. The number of fused-ring (bicyclic) bond motifs is 1. The van der Waals surface area contributed by atoms with Crippen molar-refractivity contribution in [3.63, 3.8) is 0 Å². The van der Waals surface area contributed by atoms with Crippen LogP contribution in [-0.2, 0) is 0 Å². The molecular weight excluding hydrogens is 440 g/mol. The van der Waals surface area contributed by atoms with E-state index in [0.717, 1.165) is 19.3 Å². The van der Waals surface area contributed by atoms with Crippen LogP contribution in [0.25, 0.3) is 16.6 Å². The van der Waals surface area contributed by atoms with Crippen molar-refractivity contribution in [3.05, 3.63) is 64.7 Å². The first-order valence-electron chi connectivity index (χ1n) is 12.4. The zero-order valence-corrected chi connectivity index (χ0v) is 21.8. The van der Waals surface area contributed by atoms with Gasteiger partial charge in [-0.3, -0.25) is 9.36 Å². The van der Waals surface area contributed by atoms with Crippen LogP contribution in [0.4, 0.5) is 4.79 Å². The van der Waals surface area contributed by atoms with Crippen molar-refractivity contribution >= 4 is 16.9 Å². The molecule has 7 nitrogen and oxygen atoms in total. The number of rotatable bonds is 9. The second-order valence-corrected chi connectivity index (χ2v) is 9.83. The molecule has 1 atom stereocenters. The topological polar surface area (TPSA) is 76.5 Å². The van der Waals surface area contributed by atoms with E-state index >= 15 is 0 Å². The van der Waals surface area contributed by atoms with Crippen LogP contribution in [0.3, 0.4) is 0 Å². The lowest BCUT2D eigenvalue weighted by molar-refractivity contribution is 0.158. The Balaban J connectivity index is 2.22. The molecule has 35 heavy (non-hydrogen) atoms. The third-order valence-electron chi connectivity index (χ3n) is 5.94. The first-order valence-corrected chi connectivity index (χ1v) is 12.4. The van der Waals surface area contributed by atoms with Crippen molar-refractivity contribution in [2.45, 2.75) is 71.9 Å². The lowest BCUT2D eigenvalue weighted by atomic mass is 10.1. The molecule has 0 aliphatic heterocycles. The minimum absolute atomic E-state index is 0.149. The molecule has 0 bridgehead atoms. The van der Waals surface area contributed by atoms with E-state index < -0.39 is 0 Å². The Morgan fingerprint density at radius 1 is 1.09 bits per heavy atom. The highest BCUT2D eigenvalue weighted by Crippen LogP contribution is 2.27. The number of ether oxygens (including phenoxy) is 1. The second kappa shape index (κ2) is 11.4. The fraction of sp³-hybridized carbons (Fsp3) is 0.464. The quantitative estimate of drug-likeness (QED) is 0.392. The lowest BCUT2D eigenvalue weighted by Gasteiger charge is -2.35. The maximum Gasteiger partial charge on any atom is 0.318 e. The standard InChI is InChI=1S/C28H38N4O3/c1-7-9-12-19-31(27(34)30-28(3,4)5)24(8-2)25-29-23-14-11-10-13-22(23)26(33)32(25)20-15-17-21(35-6)18-16-20/h10-11,13-18,24H,7-9,12,19H2,1-6H3,(H,30,34). The van der Waals surface area contributed by atoms with Gasteiger partial charge in [0, 0.05) is 12.1 Å². The molecule has 1 unspecified atom stereocenters. The number of hydrogen-bond acceptors (Lipinski definition) is 4. The smallest absolute Gasteiger partial charge is 0.318 e. The van der Waals surface area contributed by atoms with E-state index in [4.69, 9.17) is 9.72 Å². The van der Waals surface area contributed by atoms with E-state index in [1.165, 1.54) is 0 Å². The molecule has 0 spiro atoms. The van der Waals surface area contributed by atoms with E-state index in [2.05, 4.69) is 12.2 Å². The SMILES string of the molecule is CCCCCN(C(=O)NC(C)(C)C)C(CC)c1nc2ccccc2c(=O)n1-c1ccc(OC)cc1. The first-order chi connectivity index (χ1) is 16.7.